The summed E-state index contributed by atoms with van der Waals surface area (Å²) in [7, 11) is -2.77. The third-order valence-electron chi connectivity index (χ3n) is 7.84. The van der Waals surface area contributed by atoms with Gasteiger partial charge in [0.05, 0.1) is 17.1 Å². The number of pyridine rings is 1. The molecule has 0 amide bonds. The van der Waals surface area contributed by atoms with E-state index in [1.54, 1.807) is 0 Å². The average Bonchev–Trinajstić information content (AvgIpc) is 3.37. The van der Waals surface area contributed by atoms with Gasteiger partial charge < -0.3 is 0 Å². The Morgan fingerprint density at radius 1 is 0.550 bits per heavy atom. The highest BCUT2D eigenvalue weighted by Crippen LogP contribution is 2.30. The van der Waals surface area contributed by atoms with Gasteiger partial charge in [0.15, 0.2) is 8.07 Å². The van der Waals surface area contributed by atoms with Gasteiger partial charge in [-0.2, -0.15) is 5.26 Å². The molecule has 0 N–H and O–H groups in total. The van der Waals surface area contributed by atoms with E-state index in [9.17, 15) is 5.26 Å². The van der Waals surface area contributed by atoms with E-state index in [2.05, 4.69) is 132 Å². The standard InChI is InChI=1S/C36H25N3Si/c37-26-27-18-20-31(21-19-27)40(29-13-6-2-7-14-29,30-15-8-3-9-16-30)32-22-23-33-34-17-10-24-38-36(34)39(35(33)25-32)28-11-4-1-5-12-28/h1-25H. The van der Waals surface area contributed by atoms with Gasteiger partial charge in [-0.15, -0.1) is 0 Å². The maximum Gasteiger partial charge on any atom is 0.179 e. The molecule has 40 heavy (non-hydrogen) atoms. The minimum absolute atomic E-state index is 0.665. The molecule has 5 aromatic carbocycles. The fraction of sp³-hybridized carbons (Fsp3) is 0. The Kier molecular flexibility index (Phi) is 5.85. The molecular formula is C36H25N3Si. The van der Waals surface area contributed by atoms with Gasteiger partial charge >= 0.3 is 0 Å². The second kappa shape index (κ2) is 9.81. The van der Waals surface area contributed by atoms with E-state index in [1.165, 1.54) is 26.1 Å². The Morgan fingerprint density at radius 3 is 1.75 bits per heavy atom. The van der Waals surface area contributed by atoms with Crippen molar-refractivity contribution in [3.8, 4) is 11.8 Å². The first-order valence-corrected chi connectivity index (χ1v) is 15.4. The minimum Gasteiger partial charge on any atom is -0.294 e. The van der Waals surface area contributed by atoms with Crippen molar-refractivity contribution in [2.24, 2.45) is 0 Å². The SMILES string of the molecule is N#Cc1ccc([Si](c2ccccc2)(c2ccccc2)c2ccc3c4cccnc4n(-c4ccccc4)c3c2)cc1. The minimum atomic E-state index is -2.77. The first-order valence-electron chi connectivity index (χ1n) is 13.4. The van der Waals surface area contributed by atoms with E-state index in [4.69, 9.17) is 4.98 Å². The monoisotopic (exact) mass is 527 g/mol. The summed E-state index contributed by atoms with van der Waals surface area (Å²) in [4.78, 5) is 4.82. The fourth-order valence-electron chi connectivity index (χ4n) is 6.09. The summed E-state index contributed by atoms with van der Waals surface area (Å²) in [6, 6.07) is 53.8. The number of hydrogen-bond donors (Lipinski definition) is 0. The predicted molar refractivity (Wildman–Crippen MR) is 167 cm³/mol. The molecule has 0 fully saturated rings. The normalized spacial score (nSPS) is 11.5. The summed E-state index contributed by atoms with van der Waals surface area (Å²) in [6.45, 7) is 0. The summed E-state index contributed by atoms with van der Waals surface area (Å²) in [5.41, 5.74) is 3.84. The molecular weight excluding hydrogens is 503 g/mol. The van der Waals surface area contributed by atoms with Crippen molar-refractivity contribution in [3.63, 3.8) is 0 Å². The van der Waals surface area contributed by atoms with Gasteiger partial charge in [0.25, 0.3) is 0 Å². The second-order valence-electron chi connectivity index (χ2n) is 9.95. The maximum absolute atomic E-state index is 9.56. The molecule has 0 saturated carbocycles. The molecule has 0 unspecified atom stereocenters. The Labute approximate surface area is 234 Å². The number of nitrogens with zero attached hydrogens (tertiary/aromatic N) is 3. The molecule has 0 aliphatic rings. The van der Waals surface area contributed by atoms with Crippen LogP contribution in [0.15, 0.2) is 152 Å². The highest BCUT2D eigenvalue weighted by atomic mass is 28.3. The van der Waals surface area contributed by atoms with Gasteiger partial charge in [-0.1, -0.05) is 103 Å². The summed E-state index contributed by atoms with van der Waals surface area (Å²) in [5, 5.41) is 17.0. The quantitative estimate of drug-likeness (QED) is 0.221. The number of rotatable bonds is 5. The maximum atomic E-state index is 9.56. The first-order chi connectivity index (χ1) is 19.8. The Hall–Kier alpha value is -5.24. The Balaban J connectivity index is 1.62. The van der Waals surface area contributed by atoms with Crippen LogP contribution in [0.25, 0.3) is 27.6 Å². The van der Waals surface area contributed by atoms with Crippen molar-refractivity contribution in [2.75, 3.05) is 0 Å². The average molecular weight is 528 g/mol. The lowest BCUT2D eigenvalue weighted by molar-refractivity contribution is 1.14. The van der Waals surface area contributed by atoms with Crippen LogP contribution in [0.4, 0.5) is 0 Å². The molecule has 0 saturated heterocycles. The zero-order valence-corrected chi connectivity index (χ0v) is 22.8. The molecule has 7 aromatic rings. The van der Waals surface area contributed by atoms with Crippen molar-refractivity contribution in [3.05, 3.63) is 157 Å². The number of aromatic nitrogens is 2. The molecule has 2 aromatic heterocycles. The number of fused-ring (bicyclic) bond motifs is 3. The first kappa shape index (κ1) is 23.8. The van der Waals surface area contributed by atoms with Gasteiger partial charge in [-0.3, -0.25) is 4.57 Å². The topological polar surface area (TPSA) is 41.6 Å². The van der Waals surface area contributed by atoms with Crippen LogP contribution in [0.5, 0.6) is 0 Å². The van der Waals surface area contributed by atoms with Crippen LogP contribution in [-0.2, 0) is 0 Å². The second-order valence-corrected chi connectivity index (χ2v) is 13.8. The van der Waals surface area contributed by atoms with Crippen LogP contribution in [-0.4, -0.2) is 17.6 Å². The smallest absolute Gasteiger partial charge is 0.179 e. The van der Waals surface area contributed by atoms with Gasteiger partial charge in [0.1, 0.15) is 5.65 Å². The molecule has 0 aliphatic carbocycles. The van der Waals surface area contributed by atoms with Crippen molar-refractivity contribution in [1.29, 1.82) is 5.26 Å². The summed E-state index contributed by atoms with van der Waals surface area (Å²) < 4.78 is 2.28. The Morgan fingerprint density at radius 2 is 1.12 bits per heavy atom. The number of hydrogen-bond acceptors (Lipinski definition) is 2. The van der Waals surface area contributed by atoms with E-state index in [1.807, 2.05) is 30.5 Å². The van der Waals surface area contributed by atoms with E-state index in [-0.39, 0.29) is 0 Å². The third kappa shape index (κ3) is 3.68. The highest BCUT2D eigenvalue weighted by Gasteiger charge is 2.41. The highest BCUT2D eigenvalue weighted by molar-refractivity contribution is 7.20. The molecule has 0 atom stereocenters. The van der Waals surface area contributed by atoms with Crippen LogP contribution >= 0.6 is 0 Å². The van der Waals surface area contributed by atoms with Gasteiger partial charge in [0.2, 0.25) is 0 Å². The lowest BCUT2D eigenvalue weighted by Crippen LogP contribution is -2.74. The van der Waals surface area contributed by atoms with Gasteiger partial charge in [0, 0.05) is 22.7 Å². The zero-order chi connectivity index (χ0) is 26.9. The van der Waals surface area contributed by atoms with Crippen molar-refractivity contribution in [2.45, 2.75) is 0 Å². The predicted octanol–water partition coefficient (Wildman–Crippen LogP) is 5.43. The molecule has 0 spiro atoms. The van der Waals surface area contributed by atoms with E-state index >= 15 is 0 Å². The lowest BCUT2D eigenvalue weighted by atomic mass is 10.2. The van der Waals surface area contributed by atoms with Crippen LogP contribution in [0.1, 0.15) is 5.56 Å². The fourth-order valence-corrected chi connectivity index (χ4v) is 10.8. The van der Waals surface area contributed by atoms with Gasteiger partial charge in [-0.05, 0) is 63.2 Å². The summed E-state index contributed by atoms with van der Waals surface area (Å²) >= 11 is 0. The summed E-state index contributed by atoms with van der Waals surface area (Å²) in [6.07, 6.45) is 1.87. The van der Waals surface area contributed by atoms with Crippen molar-refractivity contribution < 1.29 is 0 Å². The van der Waals surface area contributed by atoms with Crippen LogP contribution in [0.3, 0.4) is 0 Å². The molecule has 188 valence electrons. The van der Waals surface area contributed by atoms with Crippen molar-refractivity contribution >= 4 is 50.8 Å². The molecule has 4 heteroatoms. The zero-order valence-electron chi connectivity index (χ0n) is 21.8. The lowest BCUT2D eigenvalue weighted by Gasteiger charge is -2.34. The van der Waals surface area contributed by atoms with Crippen LogP contribution in [0.2, 0.25) is 0 Å². The molecule has 3 nitrogen and oxygen atoms in total. The van der Waals surface area contributed by atoms with Gasteiger partial charge in [-0.25, -0.2) is 4.98 Å². The van der Waals surface area contributed by atoms with Crippen LogP contribution < -0.4 is 20.7 Å². The molecule has 0 radical (unpaired) electrons. The molecule has 2 heterocycles. The van der Waals surface area contributed by atoms with Crippen LogP contribution in [0, 0.1) is 11.3 Å². The van der Waals surface area contributed by atoms with E-state index < -0.39 is 8.07 Å². The molecule has 0 aliphatic heterocycles. The number of benzene rings is 5. The Bertz CT molecular complexity index is 1950. The largest absolute Gasteiger partial charge is 0.294 e. The summed E-state index contributed by atoms with van der Waals surface area (Å²) in [5.74, 6) is 0. The molecule has 0 bridgehead atoms. The third-order valence-corrected chi connectivity index (χ3v) is 12.6. The molecule has 7 rings (SSSR count). The van der Waals surface area contributed by atoms with E-state index in [0.717, 1.165) is 22.2 Å². The van der Waals surface area contributed by atoms with E-state index in [0.29, 0.717) is 5.56 Å². The number of para-hydroxylation sites is 1. The van der Waals surface area contributed by atoms with Crippen molar-refractivity contribution in [1.82, 2.24) is 9.55 Å². The number of nitriles is 1.